The van der Waals surface area contributed by atoms with Gasteiger partial charge in [0.25, 0.3) is 0 Å². The summed E-state index contributed by atoms with van der Waals surface area (Å²) >= 11 is 0. The van der Waals surface area contributed by atoms with Crippen molar-refractivity contribution in [2.24, 2.45) is 0 Å². The van der Waals surface area contributed by atoms with E-state index in [1.54, 1.807) is 12.1 Å². The van der Waals surface area contributed by atoms with Gasteiger partial charge in [-0.3, -0.25) is 4.79 Å². The Hall–Kier alpha value is -1.45. The molecule has 0 unspecified atom stereocenters. The summed E-state index contributed by atoms with van der Waals surface area (Å²) in [5, 5.41) is 9.05. The minimum absolute atomic E-state index is 0.0301. The lowest BCUT2D eigenvalue weighted by atomic mass is 10.0. The van der Waals surface area contributed by atoms with Gasteiger partial charge in [-0.1, -0.05) is 26.0 Å². The number of carboxylic acids is 1. The molecule has 0 radical (unpaired) electrons. The molecule has 24 heavy (non-hydrogen) atoms. The van der Waals surface area contributed by atoms with E-state index in [2.05, 4.69) is 0 Å². The second-order valence-corrected chi connectivity index (χ2v) is 10.3. The van der Waals surface area contributed by atoms with Crippen molar-refractivity contribution in [3.8, 4) is 0 Å². The van der Waals surface area contributed by atoms with Gasteiger partial charge < -0.3 is 5.11 Å². The van der Waals surface area contributed by atoms with Gasteiger partial charge in [-0.05, 0) is 30.0 Å². The standard InChI is InChI=1S/C15H21NO6S2/c1-11(2)12-3-5-14(6-4-12)24(21,22)16(9-15(17)18)13-7-8-23(19,20)10-13/h3-6,11,13H,7-10H2,1-2H3,(H,17,18)/t13-/m1/s1. The number of aliphatic carboxylic acids is 1. The Bertz CT molecular complexity index is 812. The van der Waals surface area contributed by atoms with Crippen LogP contribution >= 0.6 is 0 Å². The topological polar surface area (TPSA) is 109 Å². The number of nitrogens with zero attached hydrogens (tertiary/aromatic N) is 1. The monoisotopic (exact) mass is 375 g/mol. The van der Waals surface area contributed by atoms with Gasteiger partial charge in [0.05, 0.1) is 16.4 Å². The van der Waals surface area contributed by atoms with Crippen LogP contribution in [0.3, 0.4) is 0 Å². The second kappa shape index (κ2) is 6.81. The maximum atomic E-state index is 12.8. The van der Waals surface area contributed by atoms with Crippen LogP contribution in [0.15, 0.2) is 29.2 Å². The Kier molecular flexibility index (Phi) is 5.36. The molecule has 0 spiro atoms. The van der Waals surface area contributed by atoms with E-state index in [0.29, 0.717) is 0 Å². The van der Waals surface area contributed by atoms with Gasteiger partial charge >= 0.3 is 5.97 Å². The third kappa shape index (κ3) is 4.14. The number of hydrogen-bond donors (Lipinski definition) is 1. The zero-order valence-electron chi connectivity index (χ0n) is 13.5. The van der Waals surface area contributed by atoms with E-state index >= 15 is 0 Å². The lowest BCUT2D eigenvalue weighted by Crippen LogP contribution is -2.44. The zero-order valence-corrected chi connectivity index (χ0v) is 15.2. The maximum absolute atomic E-state index is 12.8. The van der Waals surface area contributed by atoms with E-state index in [1.807, 2.05) is 13.8 Å². The van der Waals surface area contributed by atoms with Gasteiger partial charge in [-0.2, -0.15) is 4.31 Å². The molecular weight excluding hydrogens is 354 g/mol. The quantitative estimate of drug-likeness (QED) is 0.797. The molecule has 9 heteroatoms. The Morgan fingerprint density at radius 1 is 1.29 bits per heavy atom. The lowest BCUT2D eigenvalue weighted by Gasteiger charge is -2.25. The fraction of sp³-hybridized carbons (Fsp3) is 0.533. The highest BCUT2D eigenvalue weighted by molar-refractivity contribution is 7.92. The van der Waals surface area contributed by atoms with Gasteiger partial charge in [0.1, 0.15) is 6.54 Å². The first-order valence-corrected chi connectivity index (χ1v) is 10.8. The molecule has 7 nitrogen and oxygen atoms in total. The van der Waals surface area contributed by atoms with Crippen LogP contribution in [0.4, 0.5) is 0 Å². The van der Waals surface area contributed by atoms with E-state index in [-0.39, 0.29) is 28.7 Å². The first-order valence-electron chi connectivity index (χ1n) is 7.57. The highest BCUT2D eigenvalue weighted by Crippen LogP contribution is 2.26. The summed E-state index contributed by atoms with van der Waals surface area (Å²) in [6.07, 6.45) is 0.110. The summed E-state index contributed by atoms with van der Waals surface area (Å²) < 4.78 is 49.7. The van der Waals surface area contributed by atoms with Gasteiger partial charge in [-0.25, -0.2) is 16.8 Å². The number of carbonyl (C=O) groups is 1. The van der Waals surface area contributed by atoms with Gasteiger partial charge in [0, 0.05) is 6.04 Å². The molecule has 1 atom stereocenters. The van der Waals surface area contributed by atoms with Crippen molar-refractivity contribution in [3.05, 3.63) is 29.8 Å². The number of benzene rings is 1. The van der Waals surface area contributed by atoms with Crippen LogP contribution < -0.4 is 0 Å². The Morgan fingerprint density at radius 2 is 1.88 bits per heavy atom. The molecule has 0 aromatic heterocycles. The van der Waals surface area contributed by atoms with Crippen LogP contribution in [-0.4, -0.2) is 56.3 Å². The Labute approximate surface area is 142 Å². The highest BCUT2D eigenvalue weighted by Gasteiger charge is 2.39. The molecule has 1 saturated heterocycles. The fourth-order valence-electron chi connectivity index (χ4n) is 2.71. The predicted octanol–water partition coefficient (Wildman–Crippen LogP) is 1.07. The third-order valence-corrected chi connectivity index (χ3v) is 7.72. The Balaban J connectivity index is 2.38. The van der Waals surface area contributed by atoms with Crippen molar-refractivity contribution in [1.82, 2.24) is 4.31 Å². The number of sulfonamides is 1. The molecular formula is C15H21NO6S2. The maximum Gasteiger partial charge on any atom is 0.318 e. The summed E-state index contributed by atoms with van der Waals surface area (Å²) in [7, 11) is -7.42. The van der Waals surface area contributed by atoms with Crippen LogP contribution in [-0.2, 0) is 24.7 Å². The van der Waals surface area contributed by atoms with E-state index < -0.39 is 38.4 Å². The minimum Gasteiger partial charge on any atom is -0.480 e. The molecule has 1 aromatic rings. The summed E-state index contributed by atoms with van der Waals surface area (Å²) in [6.45, 7) is 3.20. The average Bonchev–Trinajstić information content (AvgIpc) is 2.84. The van der Waals surface area contributed by atoms with Crippen molar-refractivity contribution in [1.29, 1.82) is 0 Å². The van der Waals surface area contributed by atoms with Crippen LogP contribution in [0.5, 0.6) is 0 Å². The van der Waals surface area contributed by atoms with Gasteiger partial charge in [-0.15, -0.1) is 0 Å². The van der Waals surface area contributed by atoms with Crippen molar-refractivity contribution in [2.75, 3.05) is 18.1 Å². The zero-order chi connectivity index (χ0) is 18.1. The Morgan fingerprint density at radius 3 is 2.29 bits per heavy atom. The third-order valence-electron chi connectivity index (χ3n) is 4.06. The SMILES string of the molecule is CC(C)c1ccc(S(=O)(=O)N(CC(=O)O)[C@@H]2CCS(=O)(=O)C2)cc1. The van der Waals surface area contributed by atoms with E-state index in [1.165, 1.54) is 12.1 Å². The molecule has 1 aromatic carbocycles. The summed E-state index contributed by atoms with van der Waals surface area (Å²) in [4.78, 5) is 11.1. The van der Waals surface area contributed by atoms with Gasteiger partial charge in [0.2, 0.25) is 10.0 Å². The van der Waals surface area contributed by atoms with Crippen LogP contribution in [0.25, 0.3) is 0 Å². The first-order chi connectivity index (χ1) is 11.0. The number of carboxylic acid groups (broad SMARTS) is 1. The molecule has 1 N–H and O–H groups in total. The lowest BCUT2D eigenvalue weighted by molar-refractivity contribution is -0.137. The van der Waals surface area contributed by atoms with Crippen molar-refractivity contribution in [3.63, 3.8) is 0 Å². The molecule has 0 bridgehead atoms. The molecule has 2 rings (SSSR count). The summed E-state index contributed by atoms with van der Waals surface area (Å²) in [6, 6.07) is 5.39. The van der Waals surface area contributed by atoms with Crippen molar-refractivity contribution in [2.45, 2.75) is 37.1 Å². The molecule has 1 aliphatic rings. The van der Waals surface area contributed by atoms with E-state index in [0.717, 1.165) is 9.87 Å². The van der Waals surface area contributed by atoms with Crippen LogP contribution in [0, 0.1) is 0 Å². The predicted molar refractivity (Wildman–Crippen MR) is 89.1 cm³/mol. The molecule has 1 fully saturated rings. The molecule has 0 aliphatic carbocycles. The molecule has 1 heterocycles. The number of rotatable bonds is 6. The number of hydrogen-bond acceptors (Lipinski definition) is 5. The van der Waals surface area contributed by atoms with Crippen molar-refractivity contribution < 1.29 is 26.7 Å². The first kappa shape index (κ1) is 18.9. The number of sulfone groups is 1. The summed E-state index contributed by atoms with van der Waals surface area (Å²) in [5.41, 5.74) is 0.960. The van der Waals surface area contributed by atoms with Crippen molar-refractivity contribution >= 4 is 25.8 Å². The molecule has 0 saturated carbocycles. The molecule has 1 aliphatic heterocycles. The molecule has 134 valence electrons. The van der Waals surface area contributed by atoms with Crippen LogP contribution in [0.2, 0.25) is 0 Å². The van der Waals surface area contributed by atoms with E-state index in [9.17, 15) is 21.6 Å². The fourth-order valence-corrected chi connectivity index (χ4v) is 6.13. The largest absolute Gasteiger partial charge is 0.480 e. The normalized spacial score (nSPS) is 20.6. The second-order valence-electron chi connectivity index (χ2n) is 6.22. The molecule has 0 amide bonds. The van der Waals surface area contributed by atoms with Crippen LogP contribution in [0.1, 0.15) is 31.7 Å². The average molecular weight is 375 g/mol. The van der Waals surface area contributed by atoms with Gasteiger partial charge in [0.15, 0.2) is 9.84 Å². The minimum atomic E-state index is -4.08. The van der Waals surface area contributed by atoms with E-state index in [4.69, 9.17) is 5.11 Å². The highest BCUT2D eigenvalue weighted by atomic mass is 32.2. The summed E-state index contributed by atoms with van der Waals surface area (Å²) in [5.74, 6) is -1.56. The smallest absolute Gasteiger partial charge is 0.318 e.